The van der Waals surface area contributed by atoms with Gasteiger partial charge < -0.3 is 4.98 Å². The lowest BCUT2D eigenvalue weighted by Crippen LogP contribution is -1.98. The summed E-state index contributed by atoms with van der Waals surface area (Å²) >= 11 is 0. The van der Waals surface area contributed by atoms with E-state index in [9.17, 15) is 4.79 Å². The number of benzene rings is 1. The van der Waals surface area contributed by atoms with Gasteiger partial charge in [0.05, 0.1) is 11.9 Å². The SMILES string of the molecule is O=Cc1cnc(C2CCc3ccccc32)[nH]1. The number of rotatable bonds is 2. The van der Waals surface area contributed by atoms with Gasteiger partial charge in [-0.05, 0) is 24.0 Å². The molecule has 3 heteroatoms. The van der Waals surface area contributed by atoms with Gasteiger partial charge >= 0.3 is 0 Å². The van der Waals surface area contributed by atoms with E-state index in [1.165, 1.54) is 11.1 Å². The lowest BCUT2D eigenvalue weighted by molar-refractivity contribution is 0.111. The van der Waals surface area contributed by atoms with Crippen molar-refractivity contribution in [1.29, 1.82) is 0 Å². The molecular formula is C13H12N2O. The summed E-state index contributed by atoms with van der Waals surface area (Å²) in [6, 6.07) is 8.44. The van der Waals surface area contributed by atoms with Gasteiger partial charge in [-0.15, -0.1) is 0 Å². The molecule has 1 aliphatic rings. The normalized spacial score (nSPS) is 18.4. The van der Waals surface area contributed by atoms with Crippen molar-refractivity contribution in [1.82, 2.24) is 9.97 Å². The predicted octanol–water partition coefficient (Wildman–Crippen LogP) is 2.30. The summed E-state index contributed by atoms with van der Waals surface area (Å²) in [5, 5.41) is 0. The number of aromatic amines is 1. The zero-order chi connectivity index (χ0) is 11.0. The first-order valence-electron chi connectivity index (χ1n) is 5.46. The molecule has 0 radical (unpaired) electrons. The molecule has 0 spiro atoms. The Morgan fingerprint density at radius 1 is 1.38 bits per heavy atom. The molecule has 1 aromatic heterocycles. The molecule has 1 unspecified atom stereocenters. The minimum atomic E-state index is 0.324. The van der Waals surface area contributed by atoms with Crippen molar-refractivity contribution >= 4 is 6.29 Å². The molecule has 80 valence electrons. The minimum absolute atomic E-state index is 0.324. The van der Waals surface area contributed by atoms with Crippen LogP contribution in [0.2, 0.25) is 0 Å². The van der Waals surface area contributed by atoms with Gasteiger partial charge in [0.25, 0.3) is 0 Å². The topological polar surface area (TPSA) is 45.8 Å². The number of aldehydes is 1. The molecule has 3 nitrogen and oxygen atoms in total. The van der Waals surface area contributed by atoms with Gasteiger partial charge in [-0.25, -0.2) is 4.98 Å². The molecule has 16 heavy (non-hydrogen) atoms. The van der Waals surface area contributed by atoms with E-state index in [1.54, 1.807) is 6.20 Å². The molecule has 1 aromatic carbocycles. The number of nitrogens with zero attached hydrogens (tertiary/aromatic N) is 1. The fraction of sp³-hybridized carbons (Fsp3) is 0.231. The second kappa shape index (κ2) is 3.59. The Hall–Kier alpha value is -1.90. The summed E-state index contributed by atoms with van der Waals surface area (Å²) in [5.41, 5.74) is 3.30. The number of nitrogens with one attached hydrogen (secondary N) is 1. The van der Waals surface area contributed by atoms with E-state index < -0.39 is 0 Å². The Labute approximate surface area is 93.5 Å². The highest BCUT2D eigenvalue weighted by atomic mass is 16.1. The van der Waals surface area contributed by atoms with Crippen LogP contribution in [0, 0.1) is 0 Å². The van der Waals surface area contributed by atoms with Crippen LogP contribution in [0.25, 0.3) is 0 Å². The number of carbonyl (C=O) groups excluding carboxylic acids is 1. The van der Waals surface area contributed by atoms with E-state index in [1.807, 2.05) is 0 Å². The van der Waals surface area contributed by atoms with Gasteiger partial charge in [-0.3, -0.25) is 4.79 Å². The number of hydrogen-bond donors (Lipinski definition) is 1. The van der Waals surface area contributed by atoms with E-state index in [0.717, 1.165) is 25.0 Å². The molecule has 0 fully saturated rings. The summed E-state index contributed by atoms with van der Waals surface area (Å²) in [6.45, 7) is 0. The van der Waals surface area contributed by atoms with Crippen molar-refractivity contribution in [3.05, 3.63) is 53.1 Å². The highest BCUT2D eigenvalue weighted by Crippen LogP contribution is 2.36. The molecule has 1 N–H and O–H groups in total. The fourth-order valence-electron chi connectivity index (χ4n) is 2.43. The van der Waals surface area contributed by atoms with E-state index in [2.05, 4.69) is 34.2 Å². The lowest BCUT2D eigenvalue weighted by Gasteiger charge is -2.07. The average Bonchev–Trinajstić information content (AvgIpc) is 2.94. The van der Waals surface area contributed by atoms with Crippen LogP contribution in [0.1, 0.15) is 39.8 Å². The smallest absolute Gasteiger partial charge is 0.167 e. The summed E-state index contributed by atoms with van der Waals surface area (Å²) in [6.07, 6.45) is 4.57. The number of aryl methyl sites for hydroxylation is 1. The number of carbonyl (C=O) groups is 1. The molecule has 0 saturated heterocycles. The van der Waals surface area contributed by atoms with E-state index in [0.29, 0.717) is 11.6 Å². The molecular weight excluding hydrogens is 200 g/mol. The summed E-state index contributed by atoms with van der Waals surface area (Å²) in [4.78, 5) is 18.0. The average molecular weight is 212 g/mol. The first-order valence-corrected chi connectivity index (χ1v) is 5.46. The summed E-state index contributed by atoms with van der Waals surface area (Å²) in [7, 11) is 0. The molecule has 0 aliphatic heterocycles. The monoisotopic (exact) mass is 212 g/mol. The summed E-state index contributed by atoms with van der Waals surface area (Å²) < 4.78 is 0. The van der Waals surface area contributed by atoms with E-state index in [-0.39, 0.29) is 0 Å². The van der Waals surface area contributed by atoms with Crippen LogP contribution >= 0.6 is 0 Å². The standard InChI is InChI=1S/C13H12N2O/c16-8-10-7-14-13(15-10)12-6-5-9-3-1-2-4-11(9)12/h1-4,7-8,12H,5-6H2,(H,14,15). The Bertz CT molecular complexity index is 530. The van der Waals surface area contributed by atoms with Crippen LogP contribution in [-0.4, -0.2) is 16.3 Å². The molecule has 2 aromatic rings. The van der Waals surface area contributed by atoms with Gasteiger partial charge in [-0.2, -0.15) is 0 Å². The van der Waals surface area contributed by atoms with Crippen molar-refractivity contribution in [3.8, 4) is 0 Å². The van der Waals surface area contributed by atoms with Crippen molar-refractivity contribution in [2.24, 2.45) is 0 Å². The zero-order valence-electron chi connectivity index (χ0n) is 8.81. The molecule has 0 bridgehead atoms. The predicted molar refractivity (Wildman–Crippen MR) is 60.6 cm³/mol. The first-order chi connectivity index (χ1) is 7.88. The Morgan fingerprint density at radius 3 is 3.06 bits per heavy atom. The van der Waals surface area contributed by atoms with Crippen molar-refractivity contribution in [2.75, 3.05) is 0 Å². The quantitative estimate of drug-likeness (QED) is 0.776. The van der Waals surface area contributed by atoms with Crippen molar-refractivity contribution in [3.63, 3.8) is 0 Å². The second-order valence-electron chi connectivity index (χ2n) is 4.13. The molecule has 0 saturated carbocycles. The van der Waals surface area contributed by atoms with Crippen LogP contribution in [-0.2, 0) is 6.42 Å². The van der Waals surface area contributed by atoms with Crippen LogP contribution < -0.4 is 0 Å². The number of aromatic nitrogens is 2. The molecule has 1 atom stereocenters. The van der Waals surface area contributed by atoms with Crippen LogP contribution in [0.4, 0.5) is 0 Å². The molecule has 3 rings (SSSR count). The maximum atomic E-state index is 10.6. The number of fused-ring (bicyclic) bond motifs is 1. The number of H-pyrrole nitrogens is 1. The number of hydrogen-bond acceptors (Lipinski definition) is 2. The minimum Gasteiger partial charge on any atom is -0.339 e. The Balaban J connectivity index is 2.01. The molecule has 1 heterocycles. The second-order valence-corrected chi connectivity index (χ2v) is 4.13. The highest BCUT2D eigenvalue weighted by molar-refractivity contribution is 5.71. The van der Waals surface area contributed by atoms with Gasteiger partial charge in [-0.1, -0.05) is 24.3 Å². The van der Waals surface area contributed by atoms with Crippen molar-refractivity contribution in [2.45, 2.75) is 18.8 Å². The maximum absolute atomic E-state index is 10.6. The zero-order valence-corrected chi connectivity index (χ0v) is 8.81. The van der Waals surface area contributed by atoms with Crippen LogP contribution in [0.5, 0.6) is 0 Å². The third-order valence-electron chi connectivity index (χ3n) is 3.21. The maximum Gasteiger partial charge on any atom is 0.167 e. The molecule has 0 amide bonds. The summed E-state index contributed by atoms with van der Waals surface area (Å²) in [5.74, 6) is 1.23. The Morgan fingerprint density at radius 2 is 2.25 bits per heavy atom. The first kappa shape index (κ1) is 9.33. The van der Waals surface area contributed by atoms with Gasteiger partial charge in [0, 0.05) is 5.92 Å². The highest BCUT2D eigenvalue weighted by Gasteiger charge is 2.25. The lowest BCUT2D eigenvalue weighted by atomic mass is 10.0. The van der Waals surface area contributed by atoms with E-state index >= 15 is 0 Å². The van der Waals surface area contributed by atoms with Gasteiger partial charge in [0.2, 0.25) is 0 Å². The van der Waals surface area contributed by atoms with Crippen LogP contribution in [0.3, 0.4) is 0 Å². The number of imidazole rings is 1. The Kier molecular flexibility index (Phi) is 2.10. The van der Waals surface area contributed by atoms with Gasteiger partial charge in [0.15, 0.2) is 6.29 Å². The van der Waals surface area contributed by atoms with Crippen molar-refractivity contribution < 1.29 is 4.79 Å². The van der Waals surface area contributed by atoms with Crippen LogP contribution in [0.15, 0.2) is 30.5 Å². The van der Waals surface area contributed by atoms with Gasteiger partial charge in [0.1, 0.15) is 5.82 Å². The third-order valence-corrected chi connectivity index (χ3v) is 3.21. The fourth-order valence-corrected chi connectivity index (χ4v) is 2.43. The third kappa shape index (κ3) is 1.36. The molecule has 1 aliphatic carbocycles. The van der Waals surface area contributed by atoms with E-state index in [4.69, 9.17) is 0 Å². The largest absolute Gasteiger partial charge is 0.339 e.